The summed E-state index contributed by atoms with van der Waals surface area (Å²) in [6.45, 7) is 13.5. The van der Waals surface area contributed by atoms with Crippen LogP contribution < -0.4 is 10.7 Å². The second kappa shape index (κ2) is 12.6. The van der Waals surface area contributed by atoms with Crippen LogP contribution in [0.4, 0.5) is 0 Å². The standard InChI is InChI=1S/C33H38N4O6/c1-8-21-20(6)32(42)36-27(21)14-26-19(5)23(10-12-31(40)41)29(35-26)15-28-22(9-11-30(38)39)18(4)25(34-28)13-24-16(2)17(3)33(37-24)43-7/h8,13-15,20-21,34-35H,1,9-12H2,2-7H3,(H,38,39)(H,40,41)/b24-13-,26-14+,29-15-/t20-,21?/m0/s1. The quantitative estimate of drug-likeness (QED) is 0.311. The van der Waals surface area contributed by atoms with E-state index in [1.54, 1.807) is 13.2 Å². The van der Waals surface area contributed by atoms with Crippen LogP contribution in [0.1, 0.15) is 67.3 Å². The van der Waals surface area contributed by atoms with E-state index in [-0.39, 0.29) is 37.0 Å². The zero-order valence-electron chi connectivity index (χ0n) is 25.4. The highest BCUT2D eigenvalue weighted by atomic mass is 16.5. The number of aliphatic imine (C=N–C) groups is 2. The van der Waals surface area contributed by atoms with E-state index in [1.807, 2.05) is 52.8 Å². The van der Waals surface area contributed by atoms with E-state index >= 15 is 0 Å². The third-order valence-corrected chi connectivity index (χ3v) is 8.39. The minimum atomic E-state index is -0.915. The molecule has 2 aromatic rings. The van der Waals surface area contributed by atoms with Gasteiger partial charge in [-0.1, -0.05) is 13.0 Å². The lowest BCUT2D eigenvalue weighted by Gasteiger charge is -2.08. The Morgan fingerprint density at radius 2 is 1.53 bits per heavy atom. The minimum absolute atomic E-state index is 0.0524. The lowest BCUT2D eigenvalue weighted by Crippen LogP contribution is -2.18. The average Bonchev–Trinajstić information content (AvgIpc) is 3.60. The topological polar surface area (TPSA) is 157 Å². The number of hydrogen-bond donors (Lipinski definition) is 4. The van der Waals surface area contributed by atoms with Crippen molar-refractivity contribution in [1.29, 1.82) is 0 Å². The number of aromatic amines is 2. The van der Waals surface area contributed by atoms with Crippen LogP contribution in [0.15, 0.2) is 39.5 Å². The van der Waals surface area contributed by atoms with Crippen molar-refractivity contribution in [3.8, 4) is 0 Å². The molecule has 0 spiro atoms. The molecule has 0 saturated heterocycles. The Bertz CT molecular complexity index is 1760. The predicted molar refractivity (Wildman–Crippen MR) is 166 cm³/mol. The van der Waals surface area contributed by atoms with Crippen LogP contribution in [0.3, 0.4) is 0 Å². The van der Waals surface area contributed by atoms with Crippen LogP contribution >= 0.6 is 0 Å². The Morgan fingerprint density at radius 3 is 2.12 bits per heavy atom. The van der Waals surface area contributed by atoms with Crippen molar-refractivity contribution in [2.75, 3.05) is 7.11 Å². The van der Waals surface area contributed by atoms with Gasteiger partial charge in [-0.15, -0.1) is 6.58 Å². The van der Waals surface area contributed by atoms with Gasteiger partial charge in [-0.3, -0.25) is 14.4 Å². The van der Waals surface area contributed by atoms with Gasteiger partial charge in [0.05, 0.1) is 18.5 Å². The fourth-order valence-corrected chi connectivity index (χ4v) is 5.57. The third-order valence-electron chi connectivity index (χ3n) is 8.39. The van der Waals surface area contributed by atoms with Gasteiger partial charge in [0.15, 0.2) is 0 Å². The van der Waals surface area contributed by atoms with Gasteiger partial charge in [-0.2, -0.15) is 0 Å². The first-order valence-corrected chi connectivity index (χ1v) is 14.2. The monoisotopic (exact) mass is 586 g/mol. The number of rotatable bonds is 10. The van der Waals surface area contributed by atoms with E-state index in [9.17, 15) is 24.6 Å². The van der Waals surface area contributed by atoms with Crippen LogP contribution in [-0.2, 0) is 32.0 Å². The maximum Gasteiger partial charge on any atom is 0.303 e. The van der Waals surface area contributed by atoms with E-state index < -0.39 is 11.9 Å². The average molecular weight is 587 g/mol. The molecule has 0 aromatic carbocycles. The maximum atomic E-state index is 12.3. The first-order valence-electron chi connectivity index (χ1n) is 14.2. The van der Waals surface area contributed by atoms with Crippen molar-refractivity contribution < 1.29 is 29.3 Å². The first-order chi connectivity index (χ1) is 20.4. The smallest absolute Gasteiger partial charge is 0.303 e. The summed E-state index contributed by atoms with van der Waals surface area (Å²) in [5.41, 5.74) is 8.21. The number of carbonyl (C=O) groups is 3. The minimum Gasteiger partial charge on any atom is -0.481 e. The number of allylic oxidation sites excluding steroid dienone is 2. The number of carboxylic acids is 2. The number of methoxy groups -OCH3 is 1. The van der Waals surface area contributed by atoms with Crippen molar-refractivity contribution in [3.05, 3.63) is 73.8 Å². The fraction of sp³-hybridized carbons (Fsp3) is 0.364. The van der Waals surface area contributed by atoms with Gasteiger partial charge in [0.2, 0.25) is 11.8 Å². The van der Waals surface area contributed by atoms with Gasteiger partial charge in [0.25, 0.3) is 0 Å². The molecule has 4 N–H and O–H groups in total. The SMILES string of the molecule is C=CC1C(/C=c2/[nH]/c(=C\c3[nH]c(/C=C4\N=C(OC)C(C)=C4C)c(C)c3CCC(=O)O)c(CCC(=O)O)c2C)=NC(=O)[C@H]1C. The molecule has 10 heteroatoms. The molecular formula is C33H38N4O6. The Labute approximate surface area is 250 Å². The molecule has 1 amide bonds. The Kier molecular flexibility index (Phi) is 9.18. The molecule has 4 rings (SSSR count). The lowest BCUT2D eigenvalue weighted by atomic mass is 9.92. The third kappa shape index (κ3) is 6.38. The van der Waals surface area contributed by atoms with Crippen molar-refractivity contribution in [2.45, 2.75) is 60.3 Å². The summed E-state index contributed by atoms with van der Waals surface area (Å²) in [5.74, 6) is -1.97. The Morgan fingerprint density at radius 1 is 0.884 bits per heavy atom. The second-order valence-corrected chi connectivity index (χ2v) is 11.0. The van der Waals surface area contributed by atoms with Crippen LogP contribution in [0.2, 0.25) is 0 Å². The first kappa shape index (κ1) is 31.2. The molecule has 0 bridgehead atoms. The van der Waals surface area contributed by atoms with E-state index in [2.05, 4.69) is 26.5 Å². The highest BCUT2D eigenvalue weighted by Crippen LogP contribution is 2.30. The molecule has 0 saturated carbocycles. The summed E-state index contributed by atoms with van der Waals surface area (Å²) >= 11 is 0. The zero-order valence-corrected chi connectivity index (χ0v) is 25.4. The van der Waals surface area contributed by atoms with E-state index in [0.29, 0.717) is 29.1 Å². The summed E-state index contributed by atoms with van der Waals surface area (Å²) in [4.78, 5) is 51.0. The van der Waals surface area contributed by atoms with E-state index in [0.717, 1.165) is 50.1 Å². The summed E-state index contributed by atoms with van der Waals surface area (Å²) in [5, 5.41) is 20.3. The molecule has 0 radical (unpaired) electrons. The largest absolute Gasteiger partial charge is 0.481 e. The van der Waals surface area contributed by atoms with Gasteiger partial charge in [0, 0.05) is 52.3 Å². The molecule has 43 heavy (non-hydrogen) atoms. The number of amides is 1. The van der Waals surface area contributed by atoms with E-state index in [4.69, 9.17) is 4.74 Å². The van der Waals surface area contributed by atoms with Crippen LogP contribution in [0.5, 0.6) is 0 Å². The molecule has 2 aliphatic heterocycles. The molecule has 2 aliphatic rings. The van der Waals surface area contributed by atoms with Crippen LogP contribution in [0, 0.1) is 25.7 Å². The fourth-order valence-electron chi connectivity index (χ4n) is 5.57. The molecule has 1 unspecified atom stereocenters. The normalized spacial score (nSPS) is 20.3. The van der Waals surface area contributed by atoms with Crippen LogP contribution in [-0.4, -0.2) is 56.7 Å². The lowest BCUT2D eigenvalue weighted by molar-refractivity contribution is -0.138. The number of hydrogen-bond acceptors (Lipinski definition) is 5. The summed E-state index contributed by atoms with van der Waals surface area (Å²) in [7, 11) is 1.58. The number of aromatic nitrogens is 2. The van der Waals surface area contributed by atoms with Crippen molar-refractivity contribution in [3.63, 3.8) is 0 Å². The number of nitrogens with zero attached hydrogens (tertiary/aromatic N) is 2. The van der Waals surface area contributed by atoms with Gasteiger partial charge in [-0.05, 0) is 86.6 Å². The van der Waals surface area contributed by atoms with Crippen molar-refractivity contribution >= 4 is 47.7 Å². The molecule has 0 fully saturated rings. The molecule has 10 nitrogen and oxygen atoms in total. The molecule has 0 aliphatic carbocycles. The van der Waals surface area contributed by atoms with Crippen molar-refractivity contribution in [2.24, 2.45) is 21.8 Å². The van der Waals surface area contributed by atoms with Gasteiger partial charge < -0.3 is 24.9 Å². The number of nitrogens with one attached hydrogen (secondary N) is 2. The Hall–Kier alpha value is -4.73. The number of H-pyrrole nitrogens is 2. The highest BCUT2D eigenvalue weighted by Gasteiger charge is 2.31. The zero-order chi connectivity index (χ0) is 31.6. The van der Waals surface area contributed by atoms with Gasteiger partial charge in [-0.25, -0.2) is 9.98 Å². The number of carboxylic acid groups (broad SMARTS) is 2. The molecule has 4 heterocycles. The maximum absolute atomic E-state index is 12.3. The van der Waals surface area contributed by atoms with Crippen LogP contribution in [0.25, 0.3) is 18.2 Å². The second-order valence-electron chi connectivity index (χ2n) is 11.0. The van der Waals surface area contributed by atoms with E-state index in [1.165, 1.54) is 0 Å². The molecule has 2 atom stereocenters. The summed E-state index contributed by atoms with van der Waals surface area (Å²) < 4.78 is 5.39. The molecule has 2 aromatic heterocycles. The predicted octanol–water partition coefficient (Wildman–Crippen LogP) is 3.76. The molecule has 226 valence electrons. The van der Waals surface area contributed by atoms with Gasteiger partial charge in [0.1, 0.15) is 0 Å². The Balaban J connectivity index is 1.91. The summed E-state index contributed by atoms with van der Waals surface area (Å²) in [6.07, 6.45) is 7.83. The van der Waals surface area contributed by atoms with Gasteiger partial charge >= 0.3 is 11.9 Å². The highest BCUT2D eigenvalue weighted by molar-refractivity contribution is 6.20. The molecular weight excluding hydrogens is 548 g/mol. The number of carbonyl (C=O) groups excluding carboxylic acids is 1. The number of ether oxygens (including phenoxy) is 1. The van der Waals surface area contributed by atoms with Crippen molar-refractivity contribution in [1.82, 2.24) is 9.97 Å². The summed E-state index contributed by atoms with van der Waals surface area (Å²) in [6, 6.07) is 0. The number of aliphatic carboxylic acids is 2.